The highest BCUT2D eigenvalue weighted by molar-refractivity contribution is 6.03. The van der Waals surface area contributed by atoms with E-state index >= 15 is 0 Å². The fourth-order valence-electron chi connectivity index (χ4n) is 2.46. The van der Waals surface area contributed by atoms with Crippen molar-refractivity contribution in [3.63, 3.8) is 0 Å². The van der Waals surface area contributed by atoms with Crippen molar-refractivity contribution in [1.29, 1.82) is 0 Å². The fourth-order valence-corrected chi connectivity index (χ4v) is 2.46. The quantitative estimate of drug-likeness (QED) is 0.784. The number of methoxy groups -OCH3 is 1. The third-order valence-electron chi connectivity index (χ3n) is 3.64. The van der Waals surface area contributed by atoms with Crippen LogP contribution in [0.15, 0.2) is 54.6 Å². The lowest BCUT2D eigenvalue weighted by atomic mass is 10.2. The zero-order valence-electron chi connectivity index (χ0n) is 13.6. The Morgan fingerprint density at radius 1 is 1.17 bits per heavy atom. The third-order valence-corrected chi connectivity index (χ3v) is 3.64. The highest BCUT2D eigenvalue weighted by Crippen LogP contribution is 2.19. The predicted octanol–water partition coefficient (Wildman–Crippen LogP) is 3.09. The number of ether oxygens (including phenoxy) is 1. The van der Waals surface area contributed by atoms with E-state index in [-0.39, 0.29) is 5.91 Å². The van der Waals surface area contributed by atoms with Gasteiger partial charge in [0.25, 0.3) is 5.91 Å². The van der Waals surface area contributed by atoms with Crippen LogP contribution in [0.1, 0.15) is 23.1 Å². The normalized spacial score (nSPS) is 10.4. The molecule has 0 aliphatic rings. The van der Waals surface area contributed by atoms with Crippen LogP contribution >= 0.6 is 0 Å². The van der Waals surface area contributed by atoms with Crippen LogP contribution in [-0.4, -0.2) is 28.0 Å². The van der Waals surface area contributed by atoms with E-state index in [9.17, 15) is 4.79 Å². The maximum atomic E-state index is 12.6. The summed E-state index contributed by atoms with van der Waals surface area (Å²) >= 11 is 0. The van der Waals surface area contributed by atoms with E-state index < -0.39 is 0 Å². The summed E-state index contributed by atoms with van der Waals surface area (Å²) in [5.41, 5.74) is 2.61. The Morgan fingerprint density at radius 2 is 1.96 bits per heavy atom. The number of benzene rings is 2. The minimum Gasteiger partial charge on any atom is -0.497 e. The molecular weight excluding hydrogens is 304 g/mol. The van der Waals surface area contributed by atoms with Crippen molar-refractivity contribution in [1.82, 2.24) is 15.0 Å². The SMILES string of the molecule is CCc1c(C(=O)Nc2cccc(OC)c2)nnn1-c1ccccc1. The molecule has 0 unspecified atom stereocenters. The number of amides is 1. The molecule has 0 saturated carbocycles. The third kappa shape index (κ3) is 3.12. The molecule has 1 amide bonds. The molecule has 1 heterocycles. The molecule has 0 fully saturated rings. The minimum absolute atomic E-state index is 0.290. The average Bonchev–Trinajstić information content (AvgIpc) is 3.06. The molecule has 6 heteroatoms. The Morgan fingerprint density at radius 3 is 2.67 bits per heavy atom. The van der Waals surface area contributed by atoms with Gasteiger partial charge in [0.1, 0.15) is 5.75 Å². The molecule has 0 atom stereocenters. The second-order valence-corrected chi connectivity index (χ2v) is 5.17. The van der Waals surface area contributed by atoms with Gasteiger partial charge in [-0.1, -0.05) is 36.4 Å². The number of nitrogens with zero attached hydrogens (tertiary/aromatic N) is 3. The van der Waals surface area contributed by atoms with Crippen LogP contribution < -0.4 is 10.1 Å². The summed E-state index contributed by atoms with van der Waals surface area (Å²) in [5.74, 6) is 0.388. The maximum absolute atomic E-state index is 12.6. The Bertz CT molecular complexity index is 843. The van der Waals surface area contributed by atoms with Gasteiger partial charge >= 0.3 is 0 Å². The summed E-state index contributed by atoms with van der Waals surface area (Å²) in [5, 5.41) is 11.0. The lowest BCUT2D eigenvalue weighted by Crippen LogP contribution is -2.15. The van der Waals surface area contributed by atoms with Crippen LogP contribution in [0, 0.1) is 0 Å². The van der Waals surface area contributed by atoms with E-state index in [0.717, 1.165) is 11.4 Å². The number of hydrogen-bond donors (Lipinski definition) is 1. The summed E-state index contributed by atoms with van der Waals surface area (Å²) < 4.78 is 6.86. The number of para-hydroxylation sites is 1. The lowest BCUT2D eigenvalue weighted by molar-refractivity contribution is 0.102. The smallest absolute Gasteiger partial charge is 0.278 e. The maximum Gasteiger partial charge on any atom is 0.278 e. The number of carbonyl (C=O) groups is 1. The number of hydrogen-bond acceptors (Lipinski definition) is 4. The molecule has 1 aromatic heterocycles. The first-order valence-corrected chi connectivity index (χ1v) is 7.68. The van der Waals surface area contributed by atoms with Crippen molar-refractivity contribution in [2.75, 3.05) is 12.4 Å². The van der Waals surface area contributed by atoms with Crippen LogP contribution in [0.5, 0.6) is 5.75 Å². The standard InChI is InChI=1S/C18H18N4O2/c1-3-16-17(20-21-22(16)14-9-5-4-6-10-14)18(23)19-13-8-7-11-15(12-13)24-2/h4-12H,3H2,1-2H3,(H,19,23). The van der Waals surface area contributed by atoms with Crippen molar-refractivity contribution in [3.8, 4) is 11.4 Å². The van der Waals surface area contributed by atoms with E-state index in [2.05, 4.69) is 15.6 Å². The number of carbonyl (C=O) groups excluding carboxylic acids is 1. The monoisotopic (exact) mass is 322 g/mol. The topological polar surface area (TPSA) is 69.0 Å². The molecule has 0 bridgehead atoms. The Balaban J connectivity index is 1.89. The molecule has 0 saturated heterocycles. The van der Waals surface area contributed by atoms with Gasteiger partial charge < -0.3 is 10.1 Å². The van der Waals surface area contributed by atoms with E-state index in [4.69, 9.17) is 4.74 Å². The number of nitrogens with one attached hydrogen (secondary N) is 1. The largest absolute Gasteiger partial charge is 0.497 e. The van der Waals surface area contributed by atoms with Crippen LogP contribution in [0.2, 0.25) is 0 Å². The molecule has 1 N–H and O–H groups in total. The summed E-state index contributed by atoms with van der Waals surface area (Å²) in [6.45, 7) is 1.97. The first-order valence-electron chi connectivity index (χ1n) is 7.68. The molecule has 122 valence electrons. The molecule has 2 aromatic carbocycles. The Kier molecular flexibility index (Phi) is 4.56. The van der Waals surface area contributed by atoms with Gasteiger partial charge in [-0.25, -0.2) is 4.68 Å². The van der Waals surface area contributed by atoms with E-state index in [1.54, 1.807) is 23.9 Å². The van der Waals surface area contributed by atoms with Crippen molar-refractivity contribution in [2.45, 2.75) is 13.3 Å². The second kappa shape index (κ2) is 6.95. The Labute approximate surface area is 140 Å². The molecule has 3 rings (SSSR count). The molecule has 0 spiro atoms. The molecule has 24 heavy (non-hydrogen) atoms. The average molecular weight is 322 g/mol. The number of aromatic nitrogens is 3. The van der Waals surface area contributed by atoms with E-state index in [1.165, 1.54) is 0 Å². The van der Waals surface area contributed by atoms with Crippen molar-refractivity contribution in [2.24, 2.45) is 0 Å². The molecule has 0 aliphatic heterocycles. The molecular formula is C18H18N4O2. The summed E-state index contributed by atoms with van der Waals surface area (Å²) in [4.78, 5) is 12.6. The summed E-state index contributed by atoms with van der Waals surface area (Å²) in [6, 6.07) is 16.8. The van der Waals surface area contributed by atoms with Gasteiger partial charge in [-0.15, -0.1) is 5.10 Å². The Hall–Kier alpha value is -3.15. The highest BCUT2D eigenvalue weighted by Gasteiger charge is 2.19. The second-order valence-electron chi connectivity index (χ2n) is 5.17. The highest BCUT2D eigenvalue weighted by atomic mass is 16.5. The lowest BCUT2D eigenvalue weighted by Gasteiger charge is -2.07. The number of rotatable bonds is 5. The predicted molar refractivity (Wildman–Crippen MR) is 91.7 cm³/mol. The van der Waals surface area contributed by atoms with Crippen molar-refractivity contribution in [3.05, 3.63) is 66.0 Å². The molecule has 0 aliphatic carbocycles. The van der Waals surface area contributed by atoms with Crippen LogP contribution in [0.3, 0.4) is 0 Å². The zero-order chi connectivity index (χ0) is 16.9. The van der Waals surface area contributed by atoms with Crippen LogP contribution in [0.4, 0.5) is 5.69 Å². The molecule has 3 aromatic rings. The summed E-state index contributed by atoms with van der Waals surface area (Å²) in [6.07, 6.45) is 0.642. The summed E-state index contributed by atoms with van der Waals surface area (Å²) in [7, 11) is 1.58. The molecule has 6 nitrogen and oxygen atoms in total. The van der Waals surface area contributed by atoms with E-state index in [1.807, 2.05) is 49.4 Å². The van der Waals surface area contributed by atoms with Gasteiger partial charge in [0.05, 0.1) is 18.5 Å². The van der Waals surface area contributed by atoms with Crippen LogP contribution in [-0.2, 0) is 6.42 Å². The van der Waals surface area contributed by atoms with Crippen LogP contribution in [0.25, 0.3) is 5.69 Å². The molecule has 0 radical (unpaired) electrons. The van der Waals surface area contributed by atoms with Crippen molar-refractivity contribution < 1.29 is 9.53 Å². The van der Waals surface area contributed by atoms with Crippen molar-refractivity contribution >= 4 is 11.6 Å². The van der Waals surface area contributed by atoms with E-state index in [0.29, 0.717) is 23.6 Å². The van der Waals surface area contributed by atoms with Gasteiger partial charge in [0, 0.05) is 11.8 Å². The first-order chi connectivity index (χ1) is 11.7. The van der Waals surface area contributed by atoms with Gasteiger partial charge in [-0.2, -0.15) is 0 Å². The van der Waals surface area contributed by atoms with Gasteiger partial charge in [0.15, 0.2) is 5.69 Å². The van der Waals surface area contributed by atoms with Gasteiger partial charge in [0.2, 0.25) is 0 Å². The fraction of sp³-hybridized carbons (Fsp3) is 0.167. The van der Waals surface area contributed by atoms with Gasteiger partial charge in [-0.3, -0.25) is 4.79 Å². The minimum atomic E-state index is -0.290. The number of anilines is 1. The zero-order valence-corrected chi connectivity index (χ0v) is 13.6. The van der Waals surface area contributed by atoms with Gasteiger partial charge in [-0.05, 0) is 30.7 Å². The first kappa shape index (κ1) is 15.7.